The van der Waals surface area contributed by atoms with Crippen LogP contribution in [0.25, 0.3) is 0 Å². The number of likely N-dealkylation sites (tertiary alicyclic amines) is 1. The Labute approximate surface area is 114 Å². The minimum absolute atomic E-state index is 0.438. The lowest BCUT2D eigenvalue weighted by atomic mass is 10.1. The molecule has 0 unspecified atom stereocenters. The Morgan fingerprint density at radius 3 is 2.72 bits per heavy atom. The van der Waals surface area contributed by atoms with E-state index in [4.69, 9.17) is 5.73 Å². The average Bonchev–Trinajstić information content (AvgIpc) is 2.85. The van der Waals surface area contributed by atoms with E-state index in [0.29, 0.717) is 6.04 Å². The summed E-state index contributed by atoms with van der Waals surface area (Å²) >= 11 is 1.93. The Balaban J connectivity index is 1.58. The fourth-order valence-corrected chi connectivity index (χ4v) is 3.26. The van der Waals surface area contributed by atoms with Gasteiger partial charge in [-0.2, -0.15) is 0 Å². The molecule has 0 aromatic carbocycles. The van der Waals surface area contributed by atoms with E-state index in [2.05, 4.69) is 29.3 Å². The van der Waals surface area contributed by atoms with Crippen molar-refractivity contribution in [3.63, 3.8) is 0 Å². The Hall–Kier alpha value is -0.420. The standard InChI is InChI=1S/C14H25N3S/c1-2-13-3-4-14(18-13)11-16-7-10-17-8-5-12(15)6-9-17/h3-4,12,16H,2,5-11,15H2,1H3. The normalized spacial score (nSPS) is 18.3. The average molecular weight is 267 g/mol. The molecule has 2 heterocycles. The maximum absolute atomic E-state index is 5.90. The molecule has 2 rings (SSSR count). The van der Waals surface area contributed by atoms with Crippen molar-refractivity contribution in [2.45, 2.75) is 38.8 Å². The maximum atomic E-state index is 5.90. The van der Waals surface area contributed by atoms with Crippen molar-refractivity contribution in [1.29, 1.82) is 0 Å². The van der Waals surface area contributed by atoms with Gasteiger partial charge < -0.3 is 16.0 Å². The fourth-order valence-electron chi connectivity index (χ4n) is 2.33. The highest BCUT2D eigenvalue weighted by molar-refractivity contribution is 7.11. The number of rotatable bonds is 6. The Morgan fingerprint density at radius 1 is 1.33 bits per heavy atom. The number of thiophene rings is 1. The molecular weight excluding hydrogens is 242 g/mol. The maximum Gasteiger partial charge on any atom is 0.0300 e. The number of aryl methyl sites for hydroxylation is 1. The van der Waals surface area contributed by atoms with Crippen LogP contribution in [-0.4, -0.2) is 37.1 Å². The molecule has 1 aromatic rings. The minimum atomic E-state index is 0.438. The monoisotopic (exact) mass is 267 g/mol. The number of hydrogen-bond acceptors (Lipinski definition) is 4. The summed E-state index contributed by atoms with van der Waals surface area (Å²) in [6.07, 6.45) is 3.47. The second kappa shape index (κ2) is 7.24. The van der Waals surface area contributed by atoms with E-state index in [0.717, 1.165) is 38.9 Å². The van der Waals surface area contributed by atoms with Crippen LogP contribution in [-0.2, 0) is 13.0 Å². The Kier molecular flexibility index (Phi) is 5.63. The summed E-state index contributed by atoms with van der Waals surface area (Å²) in [5.74, 6) is 0. The molecule has 102 valence electrons. The third kappa shape index (κ3) is 4.35. The summed E-state index contributed by atoms with van der Waals surface area (Å²) in [7, 11) is 0. The zero-order chi connectivity index (χ0) is 12.8. The summed E-state index contributed by atoms with van der Waals surface area (Å²) in [5.41, 5.74) is 5.90. The van der Waals surface area contributed by atoms with E-state index in [-0.39, 0.29) is 0 Å². The van der Waals surface area contributed by atoms with Crippen LogP contribution in [0.4, 0.5) is 0 Å². The van der Waals surface area contributed by atoms with Gasteiger partial charge in [-0.05, 0) is 44.5 Å². The smallest absolute Gasteiger partial charge is 0.0300 e. The molecule has 18 heavy (non-hydrogen) atoms. The Bertz CT molecular complexity index is 343. The van der Waals surface area contributed by atoms with E-state index < -0.39 is 0 Å². The van der Waals surface area contributed by atoms with Gasteiger partial charge in [-0.3, -0.25) is 0 Å². The minimum Gasteiger partial charge on any atom is -0.328 e. The molecule has 1 aliphatic heterocycles. The van der Waals surface area contributed by atoms with Crippen LogP contribution in [0, 0.1) is 0 Å². The summed E-state index contributed by atoms with van der Waals surface area (Å²) in [6.45, 7) is 7.79. The van der Waals surface area contributed by atoms with Crippen molar-refractivity contribution in [2.75, 3.05) is 26.2 Å². The number of hydrogen-bond donors (Lipinski definition) is 2. The summed E-state index contributed by atoms with van der Waals surface area (Å²) < 4.78 is 0. The topological polar surface area (TPSA) is 41.3 Å². The van der Waals surface area contributed by atoms with E-state index in [1.807, 2.05) is 11.3 Å². The molecule has 1 aromatic heterocycles. The van der Waals surface area contributed by atoms with Gasteiger partial charge in [0.2, 0.25) is 0 Å². The third-order valence-corrected chi connectivity index (χ3v) is 4.83. The van der Waals surface area contributed by atoms with Crippen LogP contribution in [0.15, 0.2) is 12.1 Å². The SMILES string of the molecule is CCc1ccc(CNCCN2CCC(N)CC2)s1. The summed E-state index contributed by atoms with van der Waals surface area (Å²) in [4.78, 5) is 5.45. The highest BCUT2D eigenvalue weighted by Crippen LogP contribution is 2.16. The van der Waals surface area contributed by atoms with Crippen LogP contribution in [0.1, 0.15) is 29.5 Å². The van der Waals surface area contributed by atoms with Gasteiger partial charge in [0, 0.05) is 35.4 Å². The first-order chi connectivity index (χ1) is 8.78. The molecule has 0 atom stereocenters. The highest BCUT2D eigenvalue weighted by Gasteiger charge is 2.14. The van der Waals surface area contributed by atoms with Crippen LogP contribution >= 0.6 is 11.3 Å². The second-order valence-electron chi connectivity index (χ2n) is 5.08. The predicted octanol–water partition coefficient (Wildman–Crippen LogP) is 1.82. The van der Waals surface area contributed by atoms with E-state index in [9.17, 15) is 0 Å². The van der Waals surface area contributed by atoms with Crippen molar-refractivity contribution in [3.05, 3.63) is 21.9 Å². The van der Waals surface area contributed by atoms with Crippen LogP contribution in [0.5, 0.6) is 0 Å². The van der Waals surface area contributed by atoms with Gasteiger partial charge in [0.1, 0.15) is 0 Å². The van der Waals surface area contributed by atoms with Crippen molar-refractivity contribution < 1.29 is 0 Å². The van der Waals surface area contributed by atoms with E-state index in [1.165, 1.54) is 22.8 Å². The molecule has 0 spiro atoms. The van der Waals surface area contributed by atoms with Gasteiger partial charge in [0.15, 0.2) is 0 Å². The molecule has 1 fully saturated rings. The van der Waals surface area contributed by atoms with Crippen molar-refractivity contribution in [1.82, 2.24) is 10.2 Å². The van der Waals surface area contributed by atoms with Gasteiger partial charge in [0.25, 0.3) is 0 Å². The molecule has 0 amide bonds. The van der Waals surface area contributed by atoms with Crippen molar-refractivity contribution in [3.8, 4) is 0 Å². The zero-order valence-corrected chi connectivity index (χ0v) is 12.1. The molecule has 3 nitrogen and oxygen atoms in total. The molecule has 4 heteroatoms. The molecule has 3 N–H and O–H groups in total. The van der Waals surface area contributed by atoms with Crippen molar-refractivity contribution in [2.24, 2.45) is 5.73 Å². The molecular formula is C14H25N3S. The lowest BCUT2D eigenvalue weighted by Crippen LogP contribution is -2.42. The Morgan fingerprint density at radius 2 is 2.06 bits per heavy atom. The van der Waals surface area contributed by atoms with Crippen LogP contribution in [0.3, 0.4) is 0 Å². The van der Waals surface area contributed by atoms with Gasteiger partial charge in [-0.15, -0.1) is 11.3 Å². The first-order valence-electron chi connectivity index (χ1n) is 7.04. The van der Waals surface area contributed by atoms with Crippen molar-refractivity contribution >= 4 is 11.3 Å². The second-order valence-corrected chi connectivity index (χ2v) is 6.33. The largest absolute Gasteiger partial charge is 0.328 e. The first kappa shape index (κ1) is 14.0. The summed E-state index contributed by atoms with van der Waals surface area (Å²) in [5, 5.41) is 3.54. The van der Waals surface area contributed by atoms with Gasteiger partial charge in [-0.25, -0.2) is 0 Å². The third-order valence-electron chi connectivity index (χ3n) is 3.60. The first-order valence-corrected chi connectivity index (χ1v) is 7.86. The molecule has 0 saturated carbocycles. The molecule has 0 aliphatic carbocycles. The molecule has 0 radical (unpaired) electrons. The molecule has 1 aliphatic rings. The van der Waals surface area contributed by atoms with E-state index in [1.54, 1.807) is 0 Å². The zero-order valence-electron chi connectivity index (χ0n) is 11.3. The lowest BCUT2D eigenvalue weighted by molar-refractivity contribution is 0.213. The fraction of sp³-hybridized carbons (Fsp3) is 0.714. The summed E-state index contributed by atoms with van der Waals surface area (Å²) in [6, 6.07) is 4.93. The molecule has 0 bridgehead atoms. The van der Waals surface area contributed by atoms with Gasteiger partial charge >= 0.3 is 0 Å². The number of nitrogens with one attached hydrogen (secondary N) is 1. The van der Waals surface area contributed by atoms with E-state index >= 15 is 0 Å². The predicted molar refractivity (Wildman–Crippen MR) is 79.1 cm³/mol. The van der Waals surface area contributed by atoms with Gasteiger partial charge in [0.05, 0.1) is 0 Å². The number of nitrogens with two attached hydrogens (primary N) is 1. The van der Waals surface area contributed by atoms with Gasteiger partial charge in [-0.1, -0.05) is 6.92 Å². The number of piperidine rings is 1. The number of nitrogens with zero attached hydrogens (tertiary/aromatic N) is 1. The quantitative estimate of drug-likeness (QED) is 0.773. The van der Waals surface area contributed by atoms with Crippen LogP contribution in [0.2, 0.25) is 0 Å². The van der Waals surface area contributed by atoms with Crippen LogP contribution < -0.4 is 11.1 Å². The highest BCUT2D eigenvalue weighted by atomic mass is 32.1. The lowest BCUT2D eigenvalue weighted by Gasteiger charge is -2.29. The molecule has 1 saturated heterocycles.